The van der Waals surface area contributed by atoms with E-state index in [-0.39, 0.29) is 24.2 Å². The van der Waals surface area contributed by atoms with Crippen molar-refractivity contribution in [2.24, 2.45) is 11.8 Å². The first-order chi connectivity index (χ1) is 13.1. The molecule has 146 valence electrons. The largest absolute Gasteiger partial charge is 0.396 e. The predicted molar refractivity (Wildman–Crippen MR) is 103 cm³/mol. The van der Waals surface area contributed by atoms with E-state index in [9.17, 15) is 14.3 Å². The van der Waals surface area contributed by atoms with E-state index in [1.165, 1.54) is 25.3 Å². The van der Waals surface area contributed by atoms with E-state index in [4.69, 9.17) is 0 Å². The lowest BCUT2D eigenvalue weighted by atomic mass is 9.95. The minimum absolute atomic E-state index is 0.0947. The van der Waals surface area contributed by atoms with E-state index < -0.39 is 0 Å². The van der Waals surface area contributed by atoms with Gasteiger partial charge in [-0.2, -0.15) is 0 Å². The number of piperidine rings is 1. The van der Waals surface area contributed by atoms with Crippen molar-refractivity contribution in [3.05, 3.63) is 35.3 Å². The van der Waals surface area contributed by atoms with Crippen LogP contribution >= 0.6 is 0 Å². The molecule has 2 fully saturated rings. The molecule has 0 saturated carbocycles. The minimum atomic E-state index is -0.340. The third-order valence-corrected chi connectivity index (χ3v) is 6.30. The third kappa shape index (κ3) is 3.48. The normalized spacial score (nSPS) is 24.0. The number of H-pyrrole nitrogens is 1. The predicted octanol–water partition coefficient (Wildman–Crippen LogP) is 2.78. The SMILES string of the molecule is Cc1c(C(=O)N2CC(CO)C(CN3CCCCC3)C2)[nH]c2c(F)cccc12. The lowest BCUT2D eigenvalue weighted by molar-refractivity contribution is 0.0773. The molecule has 2 atom stereocenters. The van der Waals surface area contributed by atoms with Crippen LogP contribution in [0.4, 0.5) is 4.39 Å². The molecule has 0 radical (unpaired) electrons. The van der Waals surface area contributed by atoms with Crippen molar-refractivity contribution in [1.82, 2.24) is 14.8 Å². The summed E-state index contributed by atoms with van der Waals surface area (Å²) in [5, 5.41) is 10.6. The first-order valence-electron chi connectivity index (χ1n) is 9.97. The Labute approximate surface area is 159 Å². The number of aliphatic hydroxyl groups excluding tert-OH is 1. The van der Waals surface area contributed by atoms with Gasteiger partial charge in [-0.15, -0.1) is 0 Å². The standard InChI is InChI=1S/C21H28FN3O2/c1-14-17-6-5-7-18(22)20(17)23-19(14)21(27)25-11-15(16(12-25)13-26)10-24-8-3-2-4-9-24/h5-7,15-16,23,26H,2-4,8-13H2,1H3. The third-order valence-electron chi connectivity index (χ3n) is 6.30. The Morgan fingerprint density at radius 1 is 1.22 bits per heavy atom. The zero-order chi connectivity index (χ0) is 19.0. The number of nitrogens with one attached hydrogen (secondary N) is 1. The van der Waals surface area contributed by atoms with Crippen LogP contribution in [0.15, 0.2) is 18.2 Å². The summed E-state index contributed by atoms with van der Waals surface area (Å²) in [6, 6.07) is 4.90. The summed E-state index contributed by atoms with van der Waals surface area (Å²) in [6.45, 7) is 6.34. The number of aromatic nitrogens is 1. The van der Waals surface area contributed by atoms with Crippen molar-refractivity contribution in [2.75, 3.05) is 39.3 Å². The topological polar surface area (TPSA) is 59.6 Å². The van der Waals surface area contributed by atoms with Gasteiger partial charge in [0.25, 0.3) is 5.91 Å². The van der Waals surface area contributed by atoms with E-state index >= 15 is 0 Å². The Morgan fingerprint density at radius 2 is 1.96 bits per heavy atom. The highest BCUT2D eigenvalue weighted by atomic mass is 19.1. The van der Waals surface area contributed by atoms with Gasteiger partial charge in [0.2, 0.25) is 0 Å². The van der Waals surface area contributed by atoms with Crippen LogP contribution in [0.25, 0.3) is 10.9 Å². The second kappa shape index (κ2) is 7.60. The maximum atomic E-state index is 14.1. The number of halogens is 1. The molecule has 2 aliphatic rings. The number of para-hydroxylation sites is 1. The van der Waals surface area contributed by atoms with Crippen LogP contribution in [0.1, 0.15) is 35.3 Å². The summed E-state index contributed by atoms with van der Waals surface area (Å²) in [7, 11) is 0. The van der Waals surface area contributed by atoms with Crippen molar-refractivity contribution >= 4 is 16.8 Å². The number of nitrogens with zero attached hydrogens (tertiary/aromatic N) is 2. The van der Waals surface area contributed by atoms with Gasteiger partial charge in [-0.25, -0.2) is 4.39 Å². The fraction of sp³-hybridized carbons (Fsp3) is 0.571. The highest BCUT2D eigenvalue weighted by molar-refractivity contribution is 6.01. The molecule has 2 aromatic rings. The molecule has 1 aromatic heterocycles. The number of hydrogen-bond acceptors (Lipinski definition) is 3. The van der Waals surface area contributed by atoms with E-state index in [0.717, 1.165) is 30.6 Å². The van der Waals surface area contributed by atoms with Crippen molar-refractivity contribution in [3.63, 3.8) is 0 Å². The molecule has 2 aliphatic heterocycles. The number of benzene rings is 1. The number of carbonyl (C=O) groups excluding carboxylic acids is 1. The summed E-state index contributed by atoms with van der Waals surface area (Å²) in [4.78, 5) is 20.4. The number of likely N-dealkylation sites (tertiary alicyclic amines) is 2. The van der Waals surface area contributed by atoms with Gasteiger partial charge in [-0.3, -0.25) is 4.79 Å². The molecule has 2 N–H and O–H groups in total. The van der Waals surface area contributed by atoms with Crippen molar-refractivity contribution in [3.8, 4) is 0 Å². The Hall–Kier alpha value is -1.92. The van der Waals surface area contributed by atoms with E-state index in [0.29, 0.717) is 30.2 Å². The van der Waals surface area contributed by atoms with Gasteiger partial charge >= 0.3 is 0 Å². The van der Waals surface area contributed by atoms with Gasteiger partial charge in [0.05, 0.1) is 5.52 Å². The highest BCUT2D eigenvalue weighted by Gasteiger charge is 2.37. The number of aryl methyl sites for hydroxylation is 1. The molecule has 4 rings (SSSR count). The van der Waals surface area contributed by atoms with Crippen LogP contribution in [0.5, 0.6) is 0 Å². The van der Waals surface area contributed by atoms with Crippen LogP contribution < -0.4 is 0 Å². The number of aliphatic hydroxyl groups is 1. The quantitative estimate of drug-likeness (QED) is 0.866. The van der Waals surface area contributed by atoms with Crippen LogP contribution in [-0.4, -0.2) is 65.1 Å². The summed E-state index contributed by atoms with van der Waals surface area (Å²) >= 11 is 0. The van der Waals surface area contributed by atoms with Crippen molar-refractivity contribution in [1.29, 1.82) is 0 Å². The molecule has 1 amide bonds. The van der Waals surface area contributed by atoms with Gasteiger partial charge in [0.15, 0.2) is 0 Å². The second-order valence-corrected chi connectivity index (χ2v) is 8.06. The van der Waals surface area contributed by atoms with Gasteiger partial charge in [0, 0.05) is 37.5 Å². The van der Waals surface area contributed by atoms with E-state index in [2.05, 4.69) is 9.88 Å². The van der Waals surface area contributed by atoms with Crippen LogP contribution in [0.2, 0.25) is 0 Å². The molecule has 0 bridgehead atoms. The molecule has 5 nitrogen and oxygen atoms in total. The van der Waals surface area contributed by atoms with Crippen molar-refractivity contribution < 1.29 is 14.3 Å². The van der Waals surface area contributed by atoms with Crippen molar-refractivity contribution in [2.45, 2.75) is 26.2 Å². The molecule has 6 heteroatoms. The Kier molecular flexibility index (Phi) is 5.19. The summed E-state index contributed by atoms with van der Waals surface area (Å²) in [5.74, 6) is -0.0363. The smallest absolute Gasteiger partial charge is 0.270 e. The van der Waals surface area contributed by atoms with Crippen LogP contribution in [-0.2, 0) is 0 Å². The average Bonchev–Trinajstić information content (AvgIpc) is 3.24. The number of rotatable bonds is 4. The van der Waals surface area contributed by atoms with E-state index in [1.54, 1.807) is 6.07 Å². The maximum absolute atomic E-state index is 14.1. The molecule has 2 unspecified atom stereocenters. The van der Waals surface area contributed by atoms with Crippen LogP contribution in [0.3, 0.4) is 0 Å². The fourth-order valence-electron chi connectivity index (χ4n) is 4.68. The monoisotopic (exact) mass is 373 g/mol. The summed E-state index contributed by atoms with van der Waals surface area (Å²) in [6.07, 6.45) is 3.77. The summed E-state index contributed by atoms with van der Waals surface area (Å²) < 4.78 is 14.1. The fourth-order valence-corrected chi connectivity index (χ4v) is 4.68. The van der Waals surface area contributed by atoms with Gasteiger partial charge in [0.1, 0.15) is 11.5 Å². The van der Waals surface area contributed by atoms with Gasteiger partial charge in [-0.1, -0.05) is 18.6 Å². The first-order valence-corrected chi connectivity index (χ1v) is 9.97. The van der Waals surface area contributed by atoms with E-state index in [1.807, 2.05) is 17.9 Å². The average molecular weight is 373 g/mol. The molecule has 2 saturated heterocycles. The second-order valence-electron chi connectivity index (χ2n) is 8.06. The van der Waals surface area contributed by atoms with Gasteiger partial charge < -0.3 is 19.9 Å². The number of aromatic amines is 1. The van der Waals surface area contributed by atoms with Crippen LogP contribution in [0, 0.1) is 24.6 Å². The molecular weight excluding hydrogens is 345 g/mol. The molecule has 3 heterocycles. The zero-order valence-corrected chi connectivity index (χ0v) is 15.9. The number of amides is 1. The molecule has 1 aromatic carbocycles. The lowest BCUT2D eigenvalue weighted by Gasteiger charge is -2.30. The first kappa shape index (κ1) is 18.4. The molecule has 27 heavy (non-hydrogen) atoms. The zero-order valence-electron chi connectivity index (χ0n) is 15.9. The Morgan fingerprint density at radius 3 is 2.67 bits per heavy atom. The minimum Gasteiger partial charge on any atom is -0.396 e. The maximum Gasteiger partial charge on any atom is 0.270 e. The number of fused-ring (bicyclic) bond motifs is 1. The highest BCUT2D eigenvalue weighted by Crippen LogP contribution is 2.29. The van der Waals surface area contributed by atoms with Gasteiger partial charge in [-0.05, 0) is 50.4 Å². The molecule has 0 aliphatic carbocycles. The number of hydrogen-bond donors (Lipinski definition) is 2. The summed E-state index contributed by atoms with van der Waals surface area (Å²) in [5.41, 5.74) is 1.64. The molecular formula is C21H28FN3O2. The number of carbonyl (C=O) groups is 1. The lowest BCUT2D eigenvalue weighted by Crippen LogP contribution is -2.37. The Balaban J connectivity index is 1.52. The molecule has 0 spiro atoms. The Bertz CT molecular complexity index is 828.